The first kappa shape index (κ1) is 16.1. The lowest BCUT2D eigenvalue weighted by molar-refractivity contribution is -0.0420. The van der Waals surface area contributed by atoms with E-state index in [4.69, 9.17) is 0 Å². The standard InChI is InChI=1S/C15H25N7O/c1-4-13-16-14(19-18-13)9-21-7-5-6-15(23,10-21)12-8-22(11(2)3)20-17-12/h8,11,23H,4-7,9-10H2,1-3H3,(H,16,18,19)/t15-/m0/s1. The van der Waals surface area contributed by atoms with Gasteiger partial charge >= 0.3 is 0 Å². The Morgan fingerprint density at radius 3 is 2.91 bits per heavy atom. The Kier molecular flexibility index (Phi) is 4.45. The molecule has 0 saturated carbocycles. The Hall–Kier alpha value is -1.80. The third-order valence-electron chi connectivity index (χ3n) is 4.33. The number of hydrogen-bond donors (Lipinski definition) is 2. The smallest absolute Gasteiger partial charge is 0.150 e. The fourth-order valence-electron chi connectivity index (χ4n) is 2.98. The normalized spacial score (nSPS) is 22.8. The van der Waals surface area contributed by atoms with Gasteiger partial charge < -0.3 is 5.11 Å². The van der Waals surface area contributed by atoms with Gasteiger partial charge in [0, 0.05) is 19.0 Å². The van der Waals surface area contributed by atoms with E-state index in [9.17, 15) is 5.11 Å². The molecule has 1 atom stereocenters. The fourth-order valence-corrected chi connectivity index (χ4v) is 2.98. The van der Waals surface area contributed by atoms with Gasteiger partial charge in [-0.15, -0.1) is 5.10 Å². The van der Waals surface area contributed by atoms with Gasteiger partial charge in [-0.1, -0.05) is 12.1 Å². The highest BCUT2D eigenvalue weighted by Gasteiger charge is 2.37. The minimum atomic E-state index is -0.945. The van der Waals surface area contributed by atoms with E-state index in [1.807, 2.05) is 27.0 Å². The van der Waals surface area contributed by atoms with E-state index in [1.165, 1.54) is 0 Å². The molecule has 8 heteroatoms. The van der Waals surface area contributed by atoms with Crippen LogP contribution in [-0.4, -0.2) is 53.3 Å². The monoisotopic (exact) mass is 319 g/mol. The van der Waals surface area contributed by atoms with Crippen LogP contribution in [0.4, 0.5) is 0 Å². The summed E-state index contributed by atoms with van der Waals surface area (Å²) in [7, 11) is 0. The van der Waals surface area contributed by atoms with Crippen LogP contribution in [0.1, 0.15) is 57.0 Å². The molecule has 0 aliphatic carbocycles. The number of aromatic amines is 1. The minimum Gasteiger partial charge on any atom is -0.382 e. The first-order valence-corrected chi connectivity index (χ1v) is 8.27. The van der Waals surface area contributed by atoms with Crippen LogP contribution in [0.2, 0.25) is 0 Å². The van der Waals surface area contributed by atoms with Crippen LogP contribution in [0.5, 0.6) is 0 Å². The van der Waals surface area contributed by atoms with Crippen LogP contribution < -0.4 is 0 Å². The van der Waals surface area contributed by atoms with Crippen molar-refractivity contribution in [3.05, 3.63) is 23.5 Å². The summed E-state index contributed by atoms with van der Waals surface area (Å²) in [5, 5.41) is 26.5. The number of piperidine rings is 1. The number of β-amino-alcohol motifs (C(OH)–C–C–N with tert-alkyl or cyclic N) is 1. The molecule has 0 unspecified atom stereocenters. The second-order valence-corrected chi connectivity index (χ2v) is 6.58. The third kappa shape index (κ3) is 3.42. The highest BCUT2D eigenvalue weighted by molar-refractivity contribution is 5.10. The summed E-state index contributed by atoms with van der Waals surface area (Å²) in [4.78, 5) is 6.64. The molecule has 0 bridgehead atoms. The van der Waals surface area contributed by atoms with Gasteiger partial charge in [0.2, 0.25) is 0 Å². The number of hydrogen-bond acceptors (Lipinski definition) is 6. The maximum absolute atomic E-state index is 11.0. The van der Waals surface area contributed by atoms with Crippen LogP contribution in [0.25, 0.3) is 0 Å². The van der Waals surface area contributed by atoms with Crippen molar-refractivity contribution in [1.29, 1.82) is 0 Å². The lowest BCUT2D eigenvalue weighted by atomic mass is 9.90. The Morgan fingerprint density at radius 1 is 1.43 bits per heavy atom. The van der Waals surface area contributed by atoms with Crippen molar-refractivity contribution in [3.63, 3.8) is 0 Å². The number of likely N-dealkylation sites (tertiary alicyclic amines) is 1. The molecule has 2 aromatic rings. The molecule has 3 rings (SSSR count). The molecule has 0 spiro atoms. The summed E-state index contributed by atoms with van der Waals surface area (Å²) in [6, 6.07) is 0.237. The zero-order valence-electron chi connectivity index (χ0n) is 14.0. The highest BCUT2D eigenvalue weighted by Crippen LogP contribution is 2.30. The predicted octanol–water partition coefficient (Wildman–Crippen LogP) is 1.02. The number of aromatic nitrogens is 6. The van der Waals surface area contributed by atoms with Crippen molar-refractivity contribution in [2.75, 3.05) is 13.1 Å². The molecule has 1 saturated heterocycles. The van der Waals surface area contributed by atoms with Gasteiger partial charge in [-0.25, -0.2) is 9.67 Å². The van der Waals surface area contributed by atoms with Crippen molar-refractivity contribution in [2.45, 2.75) is 58.2 Å². The predicted molar refractivity (Wildman–Crippen MR) is 84.6 cm³/mol. The van der Waals surface area contributed by atoms with E-state index in [0.29, 0.717) is 25.2 Å². The van der Waals surface area contributed by atoms with Crippen LogP contribution in [0, 0.1) is 0 Å². The van der Waals surface area contributed by atoms with Crippen molar-refractivity contribution < 1.29 is 5.11 Å². The molecule has 0 aromatic carbocycles. The van der Waals surface area contributed by atoms with Crippen LogP contribution >= 0.6 is 0 Å². The Balaban J connectivity index is 1.70. The van der Waals surface area contributed by atoms with Crippen LogP contribution in [-0.2, 0) is 18.6 Å². The summed E-state index contributed by atoms with van der Waals surface area (Å²) in [6.07, 6.45) is 4.30. The number of nitrogens with one attached hydrogen (secondary N) is 1. The van der Waals surface area contributed by atoms with Gasteiger partial charge in [-0.3, -0.25) is 10.00 Å². The average Bonchev–Trinajstić information content (AvgIpc) is 3.16. The number of aryl methyl sites for hydroxylation is 1. The fraction of sp³-hybridized carbons (Fsp3) is 0.733. The minimum absolute atomic E-state index is 0.237. The first-order chi connectivity index (χ1) is 11.0. The van der Waals surface area contributed by atoms with Crippen molar-refractivity contribution >= 4 is 0 Å². The Bertz CT molecular complexity index is 650. The van der Waals surface area contributed by atoms with Crippen molar-refractivity contribution in [3.8, 4) is 0 Å². The van der Waals surface area contributed by atoms with Gasteiger partial charge in [0.15, 0.2) is 0 Å². The SMILES string of the molecule is CCc1n[nH]c(CN2CCC[C@@](O)(c3cn(C(C)C)nn3)C2)n1. The van der Waals surface area contributed by atoms with Gasteiger partial charge in [-0.2, -0.15) is 5.10 Å². The maximum Gasteiger partial charge on any atom is 0.150 e. The Morgan fingerprint density at radius 2 is 2.26 bits per heavy atom. The number of H-pyrrole nitrogens is 1. The molecule has 2 aromatic heterocycles. The molecule has 2 N–H and O–H groups in total. The summed E-state index contributed by atoms with van der Waals surface area (Å²) in [5.41, 5.74) is -0.290. The van der Waals surface area contributed by atoms with E-state index in [2.05, 4.69) is 30.4 Å². The number of rotatable bonds is 5. The molecule has 126 valence electrons. The van der Waals surface area contributed by atoms with Crippen LogP contribution in [0.3, 0.4) is 0 Å². The van der Waals surface area contributed by atoms with Crippen molar-refractivity contribution in [2.24, 2.45) is 0 Å². The molecule has 1 aliphatic heterocycles. The molecule has 0 radical (unpaired) electrons. The van der Waals surface area contributed by atoms with E-state index >= 15 is 0 Å². The number of aliphatic hydroxyl groups is 1. The first-order valence-electron chi connectivity index (χ1n) is 8.27. The van der Waals surface area contributed by atoms with Crippen molar-refractivity contribution in [1.82, 2.24) is 35.1 Å². The van der Waals surface area contributed by atoms with Gasteiger partial charge in [0.25, 0.3) is 0 Å². The van der Waals surface area contributed by atoms with E-state index < -0.39 is 5.60 Å². The second-order valence-electron chi connectivity index (χ2n) is 6.58. The zero-order valence-corrected chi connectivity index (χ0v) is 14.0. The molecule has 3 heterocycles. The van der Waals surface area contributed by atoms with Gasteiger partial charge in [-0.05, 0) is 33.2 Å². The molecular formula is C15H25N7O. The second kappa shape index (κ2) is 6.37. The topological polar surface area (TPSA) is 95.8 Å². The summed E-state index contributed by atoms with van der Waals surface area (Å²) >= 11 is 0. The highest BCUT2D eigenvalue weighted by atomic mass is 16.3. The quantitative estimate of drug-likeness (QED) is 0.854. The summed E-state index contributed by atoms with van der Waals surface area (Å²) in [5.74, 6) is 1.67. The molecule has 1 aliphatic rings. The molecule has 0 amide bonds. The molecular weight excluding hydrogens is 294 g/mol. The average molecular weight is 319 g/mol. The van der Waals surface area contributed by atoms with Gasteiger partial charge in [0.1, 0.15) is 22.9 Å². The molecule has 1 fully saturated rings. The van der Waals surface area contributed by atoms with E-state index in [1.54, 1.807) is 4.68 Å². The van der Waals surface area contributed by atoms with Gasteiger partial charge in [0.05, 0.1) is 12.7 Å². The molecule has 8 nitrogen and oxygen atoms in total. The number of nitrogens with zero attached hydrogens (tertiary/aromatic N) is 6. The Labute approximate surface area is 135 Å². The van der Waals surface area contributed by atoms with Crippen LogP contribution in [0.15, 0.2) is 6.20 Å². The largest absolute Gasteiger partial charge is 0.382 e. The summed E-state index contributed by atoms with van der Waals surface area (Å²) < 4.78 is 1.79. The van der Waals surface area contributed by atoms with E-state index in [-0.39, 0.29) is 6.04 Å². The lowest BCUT2D eigenvalue weighted by Crippen LogP contribution is -2.46. The maximum atomic E-state index is 11.0. The van der Waals surface area contributed by atoms with E-state index in [0.717, 1.165) is 31.0 Å². The third-order valence-corrected chi connectivity index (χ3v) is 4.33. The molecule has 23 heavy (non-hydrogen) atoms. The zero-order chi connectivity index (χ0) is 16.4. The summed E-state index contributed by atoms with van der Waals surface area (Å²) in [6.45, 7) is 8.25. The lowest BCUT2D eigenvalue weighted by Gasteiger charge is -2.37.